The van der Waals surface area contributed by atoms with Crippen LogP contribution in [-0.4, -0.2) is 57.6 Å². The third-order valence-electron chi connectivity index (χ3n) is 5.57. The molecule has 0 radical (unpaired) electrons. The number of halogens is 2. The number of H-pyrrole nitrogens is 1. The third-order valence-corrected chi connectivity index (χ3v) is 6.95. The second-order valence-corrected chi connectivity index (χ2v) is 9.08. The molecule has 158 valence electrons. The van der Waals surface area contributed by atoms with Crippen molar-refractivity contribution >= 4 is 29.4 Å². The number of hydrogen-bond acceptors (Lipinski definition) is 6. The largest absolute Gasteiger partial charge is 0.393 e. The smallest absolute Gasteiger partial charge is 0.261 e. The number of nitrogens with zero attached hydrogens (tertiary/aromatic N) is 2. The Labute approximate surface area is 171 Å². The van der Waals surface area contributed by atoms with Crippen molar-refractivity contribution in [1.82, 2.24) is 9.97 Å². The van der Waals surface area contributed by atoms with E-state index < -0.39 is 17.6 Å². The van der Waals surface area contributed by atoms with E-state index in [2.05, 4.69) is 15.0 Å². The van der Waals surface area contributed by atoms with Gasteiger partial charge in [-0.05, 0) is 44.6 Å². The van der Waals surface area contributed by atoms with E-state index in [-0.39, 0.29) is 28.4 Å². The molecule has 1 aliphatic heterocycles. The fraction of sp³-hybridized carbons (Fsp3) is 0.650. The fourth-order valence-corrected chi connectivity index (χ4v) is 5.10. The summed E-state index contributed by atoms with van der Waals surface area (Å²) in [6.07, 6.45) is 4.10. The van der Waals surface area contributed by atoms with Gasteiger partial charge >= 0.3 is 0 Å². The molecule has 0 aromatic carbocycles. The molecule has 2 N–H and O–H groups in total. The summed E-state index contributed by atoms with van der Waals surface area (Å²) in [6.45, 7) is 1.05. The predicted octanol–water partition coefficient (Wildman–Crippen LogP) is 1.14. The Hall–Kier alpha value is -1.58. The van der Waals surface area contributed by atoms with Crippen LogP contribution in [0.2, 0.25) is 0 Å². The van der Waals surface area contributed by atoms with Crippen molar-refractivity contribution in [3.05, 3.63) is 26.7 Å². The van der Waals surface area contributed by atoms with E-state index in [1.54, 1.807) is 11.8 Å². The van der Waals surface area contributed by atoms with Crippen LogP contribution in [0.15, 0.2) is 9.79 Å². The van der Waals surface area contributed by atoms with Crippen LogP contribution >= 0.6 is 11.8 Å². The summed E-state index contributed by atoms with van der Waals surface area (Å²) in [6, 6.07) is -0.207. The highest BCUT2D eigenvalue weighted by molar-refractivity contribution is 7.99. The van der Waals surface area contributed by atoms with Crippen LogP contribution in [0.25, 0.3) is 11.9 Å². The maximum Gasteiger partial charge on any atom is 0.261 e. The Balaban J connectivity index is 1.58. The van der Waals surface area contributed by atoms with E-state index in [0.717, 1.165) is 38.5 Å². The van der Waals surface area contributed by atoms with E-state index in [1.807, 2.05) is 0 Å². The van der Waals surface area contributed by atoms with Crippen molar-refractivity contribution < 1.29 is 18.6 Å². The van der Waals surface area contributed by atoms with Crippen molar-refractivity contribution in [3.8, 4) is 0 Å². The number of aliphatic imine (C=N–C) groups is 1. The van der Waals surface area contributed by atoms with Gasteiger partial charge < -0.3 is 14.8 Å². The van der Waals surface area contributed by atoms with Gasteiger partial charge in [0.05, 0.1) is 35.6 Å². The second-order valence-electron chi connectivity index (χ2n) is 7.79. The number of rotatable bonds is 4. The Kier molecular flexibility index (Phi) is 6.46. The molecule has 0 bridgehead atoms. The monoisotopic (exact) mass is 425 g/mol. The molecular formula is C20H25F2N3O3S. The van der Waals surface area contributed by atoms with E-state index in [1.165, 1.54) is 6.08 Å². The van der Waals surface area contributed by atoms with Crippen molar-refractivity contribution in [3.63, 3.8) is 0 Å². The van der Waals surface area contributed by atoms with Gasteiger partial charge in [0.25, 0.3) is 5.56 Å². The molecule has 6 nitrogen and oxygen atoms in total. The molecule has 29 heavy (non-hydrogen) atoms. The molecule has 0 spiro atoms. The molecule has 1 unspecified atom stereocenters. The summed E-state index contributed by atoms with van der Waals surface area (Å²) in [4.78, 5) is 23.7. The van der Waals surface area contributed by atoms with E-state index in [9.17, 15) is 18.7 Å². The first kappa shape index (κ1) is 20.7. The van der Waals surface area contributed by atoms with Crippen molar-refractivity contribution in [2.45, 2.75) is 67.8 Å². The summed E-state index contributed by atoms with van der Waals surface area (Å²) in [5, 5.41) is 9.79. The van der Waals surface area contributed by atoms with Crippen LogP contribution in [0.3, 0.4) is 0 Å². The number of thioether (sulfide) groups is 1. The Morgan fingerprint density at radius 3 is 2.83 bits per heavy atom. The van der Waals surface area contributed by atoms with Crippen LogP contribution in [0.4, 0.5) is 8.78 Å². The lowest BCUT2D eigenvalue weighted by Crippen LogP contribution is -2.50. The summed E-state index contributed by atoms with van der Waals surface area (Å²) in [7, 11) is 0. The van der Waals surface area contributed by atoms with Gasteiger partial charge in [-0.25, -0.2) is 13.8 Å². The zero-order valence-electron chi connectivity index (χ0n) is 16.1. The van der Waals surface area contributed by atoms with Crippen LogP contribution in [0.1, 0.15) is 44.3 Å². The average molecular weight is 426 g/mol. The maximum atomic E-state index is 14.6. The van der Waals surface area contributed by atoms with Crippen LogP contribution < -0.4 is 16.1 Å². The van der Waals surface area contributed by atoms with Crippen LogP contribution in [0.5, 0.6) is 0 Å². The number of aliphatic hydroxyl groups is 1. The molecule has 2 fully saturated rings. The number of hydrogen-bond donors (Lipinski definition) is 2. The molecule has 1 aromatic rings. The van der Waals surface area contributed by atoms with Gasteiger partial charge in [-0.1, -0.05) is 0 Å². The number of ether oxygens (including phenoxy) is 1. The van der Waals surface area contributed by atoms with Crippen LogP contribution in [-0.2, 0) is 10.5 Å². The standard InChI is InChI=1S/C20H25F2N3O3S/c21-18-15(23-11-2-1-7-28-9-11)8-14-17(19(18)22)20(27)25-16(24-14)10-29-13-5-3-12(26)4-6-13/h8,11-13,18,26H,1-7,9-10H2,(H,24,25,27)/t11-,12?,13?,18?/m1/s1. The Morgan fingerprint density at radius 1 is 1.31 bits per heavy atom. The quantitative estimate of drug-likeness (QED) is 0.755. The average Bonchev–Trinajstić information content (AvgIpc) is 2.72. The molecule has 1 saturated carbocycles. The number of alkyl halides is 1. The molecule has 4 rings (SSSR count). The van der Waals surface area contributed by atoms with E-state index in [0.29, 0.717) is 30.0 Å². The zero-order valence-corrected chi connectivity index (χ0v) is 16.9. The summed E-state index contributed by atoms with van der Waals surface area (Å²) < 4.78 is 34.5. The third kappa shape index (κ3) is 4.78. The fourth-order valence-electron chi connectivity index (χ4n) is 3.96. The minimum atomic E-state index is -2.05. The first-order chi connectivity index (χ1) is 14.0. The molecule has 2 heterocycles. The van der Waals surface area contributed by atoms with Crippen molar-refractivity contribution in [2.24, 2.45) is 4.99 Å². The molecule has 3 aliphatic rings. The highest BCUT2D eigenvalue weighted by Crippen LogP contribution is 2.29. The normalized spacial score (nSPS) is 31.4. The number of fused-ring (bicyclic) bond motifs is 1. The van der Waals surface area contributed by atoms with Gasteiger partial charge in [-0.15, -0.1) is 0 Å². The molecule has 2 aliphatic carbocycles. The molecule has 1 aromatic heterocycles. The summed E-state index contributed by atoms with van der Waals surface area (Å²) >= 11 is 1.66. The van der Waals surface area contributed by atoms with E-state index in [4.69, 9.17) is 4.74 Å². The minimum absolute atomic E-state index is 0.0385. The number of aliphatic hydroxyl groups excluding tert-OH is 1. The van der Waals surface area contributed by atoms with E-state index >= 15 is 0 Å². The van der Waals surface area contributed by atoms with Gasteiger partial charge in [-0.3, -0.25) is 9.79 Å². The van der Waals surface area contributed by atoms with Gasteiger partial charge in [-0.2, -0.15) is 11.8 Å². The molecule has 2 atom stereocenters. The predicted molar refractivity (Wildman–Crippen MR) is 109 cm³/mol. The Bertz CT molecular complexity index is 951. The molecule has 0 amide bonds. The lowest BCUT2D eigenvalue weighted by atomic mass is 9.97. The number of aromatic amines is 1. The van der Waals surface area contributed by atoms with Crippen LogP contribution in [0, 0.1) is 0 Å². The highest BCUT2D eigenvalue weighted by Gasteiger charge is 2.27. The minimum Gasteiger partial charge on any atom is -0.393 e. The summed E-state index contributed by atoms with van der Waals surface area (Å²) in [5.74, 6) is -0.223. The molecule has 1 saturated heterocycles. The first-order valence-corrected chi connectivity index (χ1v) is 11.2. The van der Waals surface area contributed by atoms with Crippen molar-refractivity contribution in [2.75, 3.05) is 13.2 Å². The zero-order chi connectivity index (χ0) is 20.4. The molecular weight excluding hydrogens is 400 g/mol. The first-order valence-electron chi connectivity index (χ1n) is 10.1. The Morgan fingerprint density at radius 2 is 2.10 bits per heavy atom. The lowest BCUT2D eigenvalue weighted by Gasteiger charge is -2.24. The second kappa shape index (κ2) is 9.06. The number of aromatic nitrogens is 2. The lowest BCUT2D eigenvalue weighted by molar-refractivity contribution is 0.0828. The van der Waals surface area contributed by atoms with Gasteiger partial charge in [0.15, 0.2) is 12.0 Å². The molecule has 9 heteroatoms. The SMILES string of the molecule is O=c1[nH]c(CSC2CCC(O)CC2)nc2c1=C(F)C(F)C(=N[C@@H]1CCCOC1)C=2. The van der Waals surface area contributed by atoms with Gasteiger partial charge in [0, 0.05) is 11.9 Å². The van der Waals surface area contributed by atoms with Gasteiger partial charge in [0.1, 0.15) is 11.0 Å². The number of nitrogens with one attached hydrogen (secondary N) is 1. The maximum absolute atomic E-state index is 14.6. The summed E-state index contributed by atoms with van der Waals surface area (Å²) in [5.41, 5.74) is -0.704. The highest BCUT2D eigenvalue weighted by atomic mass is 32.2. The van der Waals surface area contributed by atoms with Gasteiger partial charge in [0.2, 0.25) is 0 Å². The van der Waals surface area contributed by atoms with Crippen molar-refractivity contribution in [1.29, 1.82) is 0 Å². The topological polar surface area (TPSA) is 87.6 Å².